The van der Waals surface area contributed by atoms with Crippen LogP contribution in [0.2, 0.25) is 0 Å². The van der Waals surface area contributed by atoms with Gasteiger partial charge in [0.25, 0.3) is 0 Å². The van der Waals surface area contributed by atoms with E-state index in [9.17, 15) is 0 Å². The highest BCUT2D eigenvalue weighted by molar-refractivity contribution is 7.99. The monoisotopic (exact) mass is 338 g/mol. The summed E-state index contributed by atoms with van der Waals surface area (Å²) in [5, 5.41) is 0.800. The number of thioether (sulfide) groups is 1. The minimum atomic E-state index is 0.224. The number of aromatic nitrogens is 4. The molecule has 24 heavy (non-hydrogen) atoms. The summed E-state index contributed by atoms with van der Waals surface area (Å²) in [6, 6.07) is 8.44. The predicted molar refractivity (Wildman–Crippen MR) is 94.3 cm³/mol. The van der Waals surface area contributed by atoms with Crippen LogP contribution in [0.15, 0.2) is 54.2 Å². The summed E-state index contributed by atoms with van der Waals surface area (Å²) < 4.78 is 8.09. The maximum Gasteiger partial charge on any atom is 0.187 e. The van der Waals surface area contributed by atoms with Gasteiger partial charge in [0.2, 0.25) is 0 Å². The van der Waals surface area contributed by atoms with Gasteiger partial charge in [0.15, 0.2) is 5.16 Å². The van der Waals surface area contributed by atoms with E-state index in [4.69, 9.17) is 4.74 Å². The van der Waals surface area contributed by atoms with Crippen LogP contribution in [0, 0.1) is 0 Å². The van der Waals surface area contributed by atoms with Crippen LogP contribution in [0.5, 0.6) is 5.75 Å². The normalized spacial score (nSPS) is 16.5. The van der Waals surface area contributed by atoms with E-state index >= 15 is 0 Å². The predicted octanol–water partition coefficient (Wildman–Crippen LogP) is 3.63. The third kappa shape index (κ3) is 2.89. The molecular formula is C18H18N4OS. The van der Waals surface area contributed by atoms with Crippen molar-refractivity contribution in [3.05, 3.63) is 54.6 Å². The Hall–Kier alpha value is -2.34. The van der Waals surface area contributed by atoms with Crippen molar-refractivity contribution < 1.29 is 4.74 Å². The molecule has 0 saturated heterocycles. The second kappa shape index (κ2) is 6.65. The molecule has 0 saturated carbocycles. The molecule has 0 bridgehead atoms. The summed E-state index contributed by atoms with van der Waals surface area (Å²) in [6.45, 7) is 2.74. The maximum atomic E-state index is 5.92. The number of hydrogen-bond donors (Lipinski definition) is 0. The molecule has 4 rings (SSSR count). The van der Waals surface area contributed by atoms with Gasteiger partial charge >= 0.3 is 0 Å². The van der Waals surface area contributed by atoms with Gasteiger partial charge in [-0.2, -0.15) is 0 Å². The Labute approximate surface area is 145 Å². The third-order valence-corrected chi connectivity index (χ3v) is 4.84. The van der Waals surface area contributed by atoms with Crippen LogP contribution in [0.1, 0.15) is 18.5 Å². The van der Waals surface area contributed by atoms with Gasteiger partial charge in [-0.3, -0.25) is 0 Å². The van der Waals surface area contributed by atoms with Crippen LogP contribution in [-0.4, -0.2) is 31.9 Å². The molecule has 3 heterocycles. The smallest absolute Gasteiger partial charge is 0.187 e. The van der Waals surface area contributed by atoms with Gasteiger partial charge in [0.05, 0.1) is 11.6 Å². The summed E-state index contributed by atoms with van der Waals surface area (Å²) in [5.74, 6) is 2.84. The Balaban J connectivity index is 1.61. The molecule has 3 aromatic rings. The maximum absolute atomic E-state index is 5.92. The summed E-state index contributed by atoms with van der Waals surface area (Å²) >= 11 is 1.64. The molecule has 0 amide bonds. The lowest BCUT2D eigenvalue weighted by Crippen LogP contribution is -2.24. The SMILES string of the molecule is CCSc1ncc(-c2nccn2[C@H]2COc3ccccc3C2)cn1. The first kappa shape index (κ1) is 15.2. The van der Waals surface area contributed by atoms with E-state index in [1.807, 2.05) is 36.9 Å². The fourth-order valence-corrected chi connectivity index (χ4v) is 3.47. The number of ether oxygens (including phenoxy) is 1. The average molecular weight is 338 g/mol. The lowest BCUT2D eigenvalue weighted by molar-refractivity contribution is 0.225. The van der Waals surface area contributed by atoms with Crippen molar-refractivity contribution >= 4 is 11.8 Å². The van der Waals surface area contributed by atoms with Crippen molar-refractivity contribution in [2.24, 2.45) is 0 Å². The quantitative estimate of drug-likeness (QED) is 0.537. The highest BCUT2D eigenvalue weighted by Crippen LogP contribution is 2.31. The molecule has 0 radical (unpaired) electrons. The Morgan fingerprint density at radius 2 is 2.04 bits per heavy atom. The lowest BCUT2D eigenvalue weighted by Gasteiger charge is -2.27. The molecule has 2 aromatic heterocycles. The Bertz CT molecular complexity index is 831. The minimum Gasteiger partial charge on any atom is -0.491 e. The molecule has 0 fully saturated rings. The molecule has 0 N–H and O–H groups in total. The van der Waals surface area contributed by atoms with Crippen LogP contribution in [-0.2, 0) is 6.42 Å². The standard InChI is InChI=1S/C18H18N4OS/c1-2-24-18-20-10-14(11-21-18)17-19-7-8-22(17)15-9-13-5-3-4-6-16(13)23-12-15/h3-8,10-11,15H,2,9,12H2,1H3/t15-/m1/s1. The first-order chi connectivity index (χ1) is 11.8. The first-order valence-corrected chi connectivity index (χ1v) is 9.02. The molecule has 6 heteroatoms. The molecule has 1 aliphatic heterocycles. The van der Waals surface area contributed by atoms with E-state index < -0.39 is 0 Å². The van der Waals surface area contributed by atoms with Gasteiger partial charge in [-0.15, -0.1) is 0 Å². The minimum absolute atomic E-state index is 0.224. The van der Waals surface area contributed by atoms with Gasteiger partial charge in [0, 0.05) is 31.2 Å². The van der Waals surface area contributed by atoms with Crippen molar-refractivity contribution in [2.45, 2.75) is 24.5 Å². The largest absolute Gasteiger partial charge is 0.491 e. The zero-order chi connectivity index (χ0) is 16.4. The number of nitrogens with zero attached hydrogens (tertiary/aromatic N) is 4. The fraction of sp³-hybridized carbons (Fsp3) is 0.278. The summed E-state index contributed by atoms with van der Waals surface area (Å²) in [5.41, 5.74) is 2.17. The van der Waals surface area contributed by atoms with E-state index in [-0.39, 0.29) is 6.04 Å². The molecule has 1 atom stereocenters. The van der Waals surface area contributed by atoms with Gasteiger partial charge in [-0.25, -0.2) is 15.0 Å². The van der Waals surface area contributed by atoms with E-state index in [1.165, 1.54) is 5.56 Å². The second-order valence-corrected chi connectivity index (χ2v) is 6.85. The van der Waals surface area contributed by atoms with Crippen LogP contribution in [0.4, 0.5) is 0 Å². The molecule has 0 aliphatic carbocycles. The van der Waals surface area contributed by atoms with Gasteiger partial charge in [-0.05, 0) is 17.4 Å². The highest BCUT2D eigenvalue weighted by atomic mass is 32.2. The molecule has 122 valence electrons. The number of benzene rings is 1. The zero-order valence-electron chi connectivity index (χ0n) is 13.4. The lowest BCUT2D eigenvalue weighted by atomic mass is 10.0. The van der Waals surface area contributed by atoms with Gasteiger partial charge < -0.3 is 9.30 Å². The molecule has 1 aromatic carbocycles. The summed E-state index contributed by atoms with van der Waals surface area (Å²) in [7, 11) is 0. The van der Waals surface area contributed by atoms with E-state index in [0.29, 0.717) is 6.61 Å². The van der Waals surface area contributed by atoms with Crippen LogP contribution in [0.25, 0.3) is 11.4 Å². The Morgan fingerprint density at radius 3 is 2.88 bits per heavy atom. The molecule has 1 aliphatic rings. The highest BCUT2D eigenvalue weighted by Gasteiger charge is 2.23. The van der Waals surface area contributed by atoms with Crippen molar-refractivity contribution in [1.82, 2.24) is 19.5 Å². The fourth-order valence-electron chi connectivity index (χ4n) is 2.96. The number of hydrogen-bond acceptors (Lipinski definition) is 5. The van der Waals surface area contributed by atoms with E-state index in [1.54, 1.807) is 11.8 Å². The van der Waals surface area contributed by atoms with Crippen molar-refractivity contribution in [3.63, 3.8) is 0 Å². The van der Waals surface area contributed by atoms with E-state index in [0.717, 1.165) is 34.5 Å². The third-order valence-electron chi connectivity index (χ3n) is 4.08. The molecule has 0 unspecified atom stereocenters. The van der Waals surface area contributed by atoms with Crippen LogP contribution >= 0.6 is 11.8 Å². The number of fused-ring (bicyclic) bond motifs is 1. The van der Waals surface area contributed by atoms with Crippen molar-refractivity contribution in [3.8, 4) is 17.1 Å². The summed E-state index contributed by atoms with van der Waals surface area (Å²) in [4.78, 5) is 13.3. The molecule has 5 nitrogen and oxygen atoms in total. The number of rotatable bonds is 4. The van der Waals surface area contributed by atoms with Crippen molar-refractivity contribution in [2.75, 3.05) is 12.4 Å². The van der Waals surface area contributed by atoms with Gasteiger partial charge in [0.1, 0.15) is 18.2 Å². The van der Waals surface area contributed by atoms with Crippen LogP contribution in [0.3, 0.4) is 0 Å². The average Bonchev–Trinajstić information content (AvgIpc) is 3.12. The van der Waals surface area contributed by atoms with Crippen molar-refractivity contribution in [1.29, 1.82) is 0 Å². The van der Waals surface area contributed by atoms with Gasteiger partial charge in [-0.1, -0.05) is 36.9 Å². The Kier molecular flexibility index (Phi) is 4.21. The van der Waals surface area contributed by atoms with Crippen LogP contribution < -0.4 is 4.74 Å². The Morgan fingerprint density at radius 1 is 1.21 bits per heavy atom. The molecule has 0 spiro atoms. The summed E-state index contributed by atoms with van der Waals surface area (Å²) in [6.07, 6.45) is 8.46. The topological polar surface area (TPSA) is 52.8 Å². The number of imidazole rings is 1. The number of para-hydroxylation sites is 1. The second-order valence-electron chi connectivity index (χ2n) is 5.62. The molecular weight excluding hydrogens is 320 g/mol. The first-order valence-electron chi connectivity index (χ1n) is 8.04. The zero-order valence-corrected chi connectivity index (χ0v) is 14.2. The van der Waals surface area contributed by atoms with E-state index in [2.05, 4.69) is 38.6 Å².